The molecule has 0 radical (unpaired) electrons. The second kappa shape index (κ2) is 5.48. The van der Waals surface area contributed by atoms with Gasteiger partial charge in [-0.15, -0.1) is 0 Å². The molecule has 112 valence electrons. The number of aliphatic carboxylic acids is 1. The van der Waals surface area contributed by atoms with E-state index in [2.05, 4.69) is 0 Å². The molecule has 0 aliphatic carbocycles. The maximum absolute atomic E-state index is 12.2. The highest BCUT2D eigenvalue weighted by molar-refractivity contribution is 7.08. The summed E-state index contributed by atoms with van der Waals surface area (Å²) in [5.41, 5.74) is 0.900. The molecule has 21 heavy (non-hydrogen) atoms. The van der Waals surface area contributed by atoms with Gasteiger partial charge < -0.3 is 14.9 Å². The number of amides is 2. The highest BCUT2D eigenvalue weighted by Gasteiger charge is 2.48. The van der Waals surface area contributed by atoms with Gasteiger partial charge in [0.15, 0.2) is 0 Å². The van der Waals surface area contributed by atoms with Crippen LogP contribution in [0.25, 0.3) is 0 Å². The van der Waals surface area contributed by atoms with Crippen molar-refractivity contribution in [2.75, 3.05) is 11.4 Å². The normalized spacial score (nSPS) is 24.5. The third-order valence-electron chi connectivity index (χ3n) is 4.15. The first kappa shape index (κ1) is 14.1. The van der Waals surface area contributed by atoms with Crippen molar-refractivity contribution in [2.45, 2.75) is 37.8 Å². The lowest BCUT2D eigenvalue weighted by Crippen LogP contribution is -2.40. The Morgan fingerprint density at radius 3 is 2.81 bits per heavy atom. The summed E-state index contributed by atoms with van der Waals surface area (Å²) in [5.74, 6) is -1.09. The van der Waals surface area contributed by atoms with Crippen molar-refractivity contribution in [3.05, 3.63) is 16.8 Å². The van der Waals surface area contributed by atoms with Crippen molar-refractivity contribution in [1.82, 2.24) is 4.90 Å². The second-order valence-corrected chi connectivity index (χ2v) is 6.13. The number of anilines is 1. The Hall–Kier alpha value is -1.89. The second-order valence-electron chi connectivity index (χ2n) is 5.35. The lowest BCUT2D eigenvalue weighted by Gasteiger charge is -2.24. The van der Waals surface area contributed by atoms with Crippen LogP contribution in [0.2, 0.25) is 0 Å². The molecule has 2 aliphatic heterocycles. The average Bonchev–Trinajstić information content (AvgIpc) is 3.11. The van der Waals surface area contributed by atoms with Crippen LogP contribution in [0.5, 0.6) is 0 Å². The largest absolute Gasteiger partial charge is 0.481 e. The van der Waals surface area contributed by atoms with E-state index in [9.17, 15) is 14.4 Å². The van der Waals surface area contributed by atoms with Crippen LogP contribution in [0.1, 0.15) is 25.7 Å². The molecule has 1 aromatic heterocycles. The first-order valence-corrected chi connectivity index (χ1v) is 7.87. The van der Waals surface area contributed by atoms with Gasteiger partial charge in [0, 0.05) is 24.8 Å². The first-order chi connectivity index (χ1) is 10.1. The summed E-state index contributed by atoms with van der Waals surface area (Å²) in [6, 6.07) is 1.83. The number of carbonyl (C=O) groups excluding carboxylic acids is 2. The molecule has 2 atom stereocenters. The minimum atomic E-state index is -0.971. The third kappa shape index (κ3) is 2.53. The summed E-state index contributed by atoms with van der Waals surface area (Å²) < 4.78 is 0. The molecule has 1 N–H and O–H groups in total. The fourth-order valence-electron chi connectivity index (χ4n) is 3.24. The zero-order valence-corrected chi connectivity index (χ0v) is 12.2. The fraction of sp³-hybridized carbons (Fsp3) is 0.500. The molecule has 6 nitrogen and oxygen atoms in total. The standard InChI is InChI=1S/C14H16N2O4S/c17-12(1-2-14(19)20)15-5-3-10-11(15)7-13(18)16(10)9-4-6-21-8-9/h4,6,8,10-11H,1-3,5,7H2,(H,19,20)/t10-,11-/m1/s1. The Bertz CT molecular complexity index is 572. The molecule has 7 heteroatoms. The maximum atomic E-state index is 12.2. The molecule has 2 fully saturated rings. The molecular formula is C14H16N2O4S. The Labute approximate surface area is 126 Å². The number of hydrogen-bond donors (Lipinski definition) is 1. The zero-order valence-electron chi connectivity index (χ0n) is 11.4. The quantitative estimate of drug-likeness (QED) is 0.910. The fourth-order valence-corrected chi connectivity index (χ4v) is 3.87. The Morgan fingerprint density at radius 2 is 2.14 bits per heavy atom. The monoisotopic (exact) mass is 308 g/mol. The van der Waals surface area contributed by atoms with Gasteiger partial charge in [0.2, 0.25) is 11.8 Å². The number of likely N-dealkylation sites (tertiary alicyclic amines) is 1. The van der Waals surface area contributed by atoms with Crippen LogP contribution in [0, 0.1) is 0 Å². The van der Waals surface area contributed by atoms with Gasteiger partial charge in [0.1, 0.15) is 0 Å². The van der Waals surface area contributed by atoms with E-state index in [1.807, 2.05) is 16.8 Å². The van der Waals surface area contributed by atoms with Crippen molar-refractivity contribution in [3.63, 3.8) is 0 Å². The molecular weight excluding hydrogens is 292 g/mol. The number of carboxylic acid groups (broad SMARTS) is 1. The zero-order chi connectivity index (χ0) is 15.0. The molecule has 2 aliphatic rings. The summed E-state index contributed by atoms with van der Waals surface area (Å²) >= 11 is 1.54. The van der Waals surface area contributed by atoms with E-state index >= 15 is 0 Å². The van der Waals surface area contributed by atoms with Gasteiger partial charge in [-0.05, 0) is 17.9 Å². The maximum Gasteiger partial charge on any atom is 0.303 e. The van der Waals surface area contributed by atoms with Gasteiger partial charge in [-0.2, -0.15) is 11.3 Å². The van der Waals surface area contributed by atoms with E-state index in [1.165, 1.54) is 0 Å². The molecule has 0 aromatic carbocycles. The minimum absolute atomic E-state index is 0.00515. The van der Waals surface area contributed by atoms with Gasteiger partial charge in [-0.25, -0.2) is 0 Å². The summed E-state index contributed by atoms with van der Waals surface area (Å²) in [5, 5.41) is 12.5. The molecule has 0 saturated carbocycles. The van der Waals surface area contributed by atoms with E-state index in [-0.39, 0.29) is 36.7 Å². The number of carboxylic acids is 1. The van der Waals surface area contributed by atoms with Crippen LogP contribution in [0.4, 0.5) is 5.69 Å². The minimum Gasteiger partial charge on any atom is -0.481 e. The van der Waals surface area contributed by atoms with Crippen LogP contribution in [0.15, 0.2) is 16.8 Å². The number of hydrogen-bond acceptors (Lipinski definition) is 4. The lowest BCUT2D eigenvalue weighted by molar-refractivity contribution is -0.141. The van der Waals surface area contributed by atoms with Crippen LogP contribution >= 0.6 is 11.3 Å². The lowest BCUT2D eigenvalue weighted by atomic mass is 10.1. The van der Waals surface area contributed by atoms with Gasteiger partial charge in [-0.1, -0.05) is 0 Å². The summed E-state index contributed by atoms with van der Waals surface area (Å²) in [4.78, 5) is 38.4. The van der Waals surface area contributed by atoms with Gasteiger partial charge in [-0.3, -0.25) is 14.4 Å². The summed E-state index contributed by atoms with van der Waals surface area (Å²) in [6.07, 6.45) is 0.935. The molecule has 0 unspecified atom stereocenters. The molecule has 1 aromatic rings. The average molecular weight is 308 g/mol. The third-order valence-corrected chi connectivity index (χ3v) is 4.82. The summed E-state index contributed by atoms with van der Waals surface area (Å²) in [6.45, 7) is 0.599. The van der Waals surface area contributed by atoms with Gasteiger partial charge >= 0.3 is 5.97 Å². The number of fused-ring (bicyclic) bond motifs is 1. The summed E-state index contributed by atoms with van der Waals surface area (Å²) in [7, 11) is 0. The Morgan fingerprint density at radius 1 is 1.33 bits per heavy atom. The van der Waals surface area contributed by atoms with Crippen molar-refractivity contribution >= 4 is 34.8 Å². The highest BCUT2D eigenvalue weighted by atomic mass is 32.1. The smallest absolute Gasteiger partial charge is 0.303 e. The predicted molar refractivity (Wildman–Crippen MR) is 77.2 cm³/mol. The van der Waals surface area contributed by atoms with Crippen molar-refractivity contribution < 1.29 is 19.5 Å². The Balaban J connectivity index is 1.72. The van der Waals surface area contributed by atoms with Gasteiger partial charge in [0.25, 0.3) is 0 Å². The van der Waals surface area contributed by atoms with Crippen LogP contribution in [-0.4, -0.2) is 46.4 Å². The molecule has 2 amide bonds. The number of thiophene rings is 1. The van der Waals surface area contributed by atoms with E-state index in [0.29, 0.717) is 13.0 Å². The van der Waals surface area contributed by atoms with Crippen LogP contribution < -0.4 is 4.90 Å². The molecule has 3 heterocycles. The highest BCUT2D eigenvalue weighted by Crippen LogP contribution is 2.37. The van der Waals surface area contributed by atoms with Crippen molar-refractivity contribution in [2.24, 2.45) is 0 Å². The van der Waals surface area contributed by atoms with Gasteiger partial charge in [0.05, 0.1) is 24.2 Å². The topological polar surface area (TPSA) is 77.9 Å². The van der Waals surface area contributed by atoms with E-state index < -0.39 is 5.97 Å². The molecule has 3 rings (SSSR count). The molecule has 2 saturated heterocycles. The van der Waals surface area contributed by atoms with Crippen LogP contribution in [-0.2, 0) is 14.4 Å². The number of carbonyl (C=O) groups is 3. The molecule has 0 spiro atoms. The van der Waals surface area contributed by atoms with E-state index in [1.54, 1.807) is 21.1 Å². The Kier molecular flexibility index (Phi) is 3.67. The number of nitrogens with zero attached hydrogens (tertiary/aromatic N) is 2. The van der Waals surface area contributed by atoms with Crippen molar-refractivity contribution in [1.29, 1.82) is 0 Å². The van der Waals surface area contributed by atoms with E-state index in [4.69, 9.17) is 5.11 Å². The van der Waals surface area contributed by atoms with E-state index in [0.717, 1.165) is 12.1 Å². The van der Waals surface area contributed by atoms with Crippen molar-refractivity contribution in [3.8, 4) is 0 Å². The first-order valence-electron chi connectivity index (χ1n) is 6.93. The molecule has 0 bridgehead atoms. The SMILES string of the molecule is O=C(O)CCC(=O)N1CC[C@@H]2[C@H]1CC(=O)N2c1ccsc1. The predicted octanol–water partition coefficient (Wildman–Crippen LogP) is 1.32. The number of rotatable bonds is 4. The van der Waals surface area contributed by atoms with Crippen LogP contribution in [0.3, 0.4) is 0 Å².